The molecular formula is C14H23N3O3. The van der Waals surface area contributed by atoms with Crippen molar-refractivity contribution in [3.8, 4) is 0 Å². The van der Waals surface area contributed by atoms with Crippen molar-refractivity contribution >= 4 is 11.9 Å². The van der Waals surface area contributed by atoms with Gasteiger partial charge in [0.25, 0.3) is 5.91 Å². The number of nitrogens with one attached hydrogen (secondary N) is 1. The van der Waals surface area contributed by atoms with Crippen LogP contribution < -0.4 is 5.32 Å². The number of amides is 1. The molecule has 1 aromatic heterocycles. The Kier molecular flexibility index (Phi) is 6.21. The Hall–Kier alpha value is -1.85. The number of aryl methyl sites for hydroxylation is 2. The van der Waals surface area contributed by atoms with Crippen LogP contribution in [0.2, 0.25) is 0 Å². The Bertz CT molecular complexity index is 468. The molecule has 1 heterocycles. The molecule has 0 radical (unpaired) electrons. The zero-order valence-electron chi connectivity index (χ0n) is 12.3. The van der Waals surface area contributed by atoms with Gasteiger partial charge in [-0.25, -0.2) is 0 Å². The van der Waals surface area contributed by atoms with E-state index in [1.165, 1.54) is 0 Å². The van der Waals surface area contributed by atoms with Crippen molar-refractivity contribution in [2.75, 3.05) is 6.54 Å². The lowest BCUT2D eigenvalue weighted by Crippen LogP contribution is -2.34. The molecule has 0 saturated carbocycles. The number of carbonyl (C=O) groups is 2. The van der Waals surface area contributed by atoms with E-state index in [0.717, 1.165) is 18.5 Å². The van der Waals surface area contributed by atoms with Crippen LogP contribution >= 0.6 is 0 Å². The van der Waals surface area contributed by atoms with Gasteiger partial charge in [-0.3, -0.25) is 14.3 Å². The largest absolute Gasteiger partial charge is 0.481 e. The van der Waals surface area contributed by atoms with Crippen LogP contribution in [0.3, 0.4) is 0 Å². The van der Waals surface area contributed by atoms with Crippen LogP contribution in [0.15, 0.2) is 6.07 Å². The maximum absolute atomic E-state index is 12.1. The van der Waals surface area contributed by atoms with E-state index in [1.54, 1.807) is 10.7 Å². The van der Waals surface area contributed by atoms with Crippen molar-refractivity contribution in [1.82, 2.24) is 15.1 Å². The van der Waals surface area contributed by atoms with Gasteiger partial charge in [-0.15, -0.1) is 0 Å². The van der Waals surface area contributed by atoms with Gasteiger partial charge in [-0.05, 0) is 25.8 Å². The van der Waals surface area contributed by atoms with Crippen molar-refractivity contribution in [2.45, 2.75) is 46.6 Å². The Morgan fingerprint density at radius 3 is 2.60 bits per heavy atom. The third kappa shape index (κ3) is 4.08. The minimum absolute atomic E-state index is 0.151. The molecule has 0 aromatic carbocycles. The minimum atomic E-state index is -0.870. The summed E-state index contributed by atoms with van der Waals surface area (Å²) in [6.07, 6.45) is 2.10. The fourth-order valence-corrected chi connectivity index (χ4v) is 2.03. The molecule has 20 heavy (non-hydrogen) atoms. The summed E-state index contributed by atoms with van der Waals surface area (Å²) in [6, 6.07) is 1.76. The molecule has 0 bridgehead atoms. The van der Waals surface area contributed by atoms with Gasteiger partial charge in [0.05, 0.1) is 11.6 Å². The number of carboxylic acid groups (broad SMARTS) is 1. The van der Waals surface area contributed by atoms with E-state index in [2.05, 4.69) is 10.4 Å². The van der Waals surface area contributed by atoms with Gasteiger partial charge in [0.2, 0.25) is 0 Å². The van der Waals surface area contributed by atoms with Gasteiger partial charge in [-0.1, -0.05) is 20.3 Å². The Morgan fingerprint density at radius 2 is 2.10 bits per heavy atom. The van der Waals surface area contributed by atoms with E-state index in [-0.39, 0.29) is 12.5 Å². The number of nitrogens with zero attached hydrogens (tertiary/aromatic N) is 2. The average Bonchev–Trinajstić information content (AvgIpc) is 2.86. The fraction of sp³-hybridized carbons (Fsp3) is 0.643. The lowest BCUT2D eigenvalue weighted by Gasteiger charge is -2.12. The summed E-state index contributed by atoms with van der Waals surface area (Å²) in [7, 11) is 0. The Labute approximate surface area is 119 Å². The summed E-state index contributed by atoms with van der Waals surface area (Å²) in [5, 5.41) is 16.1. The third-order valence-electron chi connectivity index (χ3n) is 3.22. The predicted molar refractivity (Wildman–Crippen MR) is 75.6 cm³/mol. The summed E-state index contributed by atoms with van der Waals surface area (Å²) >= 11 is 0. The van der Waals surface area contributed by atoms with Gasteiger partial charge < -0.3 is 10.4 Å². The Balaban J connectivity index is 2.70. The van der Waals surface area contributed by atoms with Crippen LogP contribution in [0, 0.1) is 5.92 Å². The predicted octanol–water partition coefficient (Wildman–Crippen LogP) is 1.70. The molecule has 2 N–H and O–H groups in total. The molecule has 0 spiro atoms. The lowest BCUT2D eigenvalue weighted by molar-refractivity contribution is -0.141. The van der Waals surface area contributed by atoms with E-state index in [0.29, 0.717) is 18.7 Å². The number of aliphatic carboxylic acids is 1. The highest BCUT2D eigenvalue weighted by molar-refractivity contribution is 5.92. The van der Waals surface area contributed by atoms with Crippen LogP contribution in [0.5, 0.6) is 0 Å². The van der Waals surface area contributed by atoms with Gasteiger partial charge >= 0.3 is 5.97 Å². The highest BCUT2D eigenvalue weighted by Crippen LogP contribution is 2.08. The zero-order chi connectivity index (χ0) is 15.1. The van der Waals surface area contributed by atoms with Crippen molar-refractivity contribution in [3.63, 3.8) is 0 Å². The first-order valence-electron chi connectivity index (χ1n) is 7.11. The molecule has 1 aromatic rings. The average molecular weight is 281 g/mol. The van der Waals surface area contributed by atoms with E-state index >= 15 is 0 Å². The second kappa shape index (κ2) is 7.67. The molecule has 112 valence electrons. The van der Waals surface area contributed by atoms with E-state index in [1.807, 2.05) is 20.8 Å². The first-order valence-corrected chi connectivity index (χ1v) is 7.11. The molecule has 1 atom stereocenters. The van der Waals surface area contributed by atoms with Crippen LogP contribution in [-0.4, -0.2) is 33.3 Å². The lowest BCUT2D eigenvalue weighted by atomic mass is 10.0. The van der Waals surface area contributed by atoms with Gasteiger partial charge in [0.1, 0.15) is 5.69 Å². The number of carbonyl (C=O) groups excluding carboxylic acids is 1. The molecule has 1 rings (SSSR count). The number of hydrogen-bond acceptors (Lipinski definition) is 3. The highest BCUT2D eigenvalue weighted by atomic mass is 16.4. The smallest absolute Gasteiger partial charge is 0.308 e. The van der Waals surface area contributed by atoms with Crippen molar-refractivity contribution in [2.24, 2.45) is 5.92 Å². The molecule has 0 fully saturated rings. The fourth-order valence-electron chi connectivity index (χ4n) is 2.03. The van der Waals surface area contributed by atoms with Crippen molar-refractivity contribution in [3.05, 3.63) is 17.5 Å². The number of aromatic nitrogens is 2. The standard InChI is InChI=1S/C14H23N3O3/c1-4-7-10(14(19)20)9-15-13(18)12-8-11(5-2)16-17(12)6-3/h8,10H,4-7,9H2,1-3H3,(H,15,18)(H,19,20). The number of rotatable bonds is 8. The molecule has 0 aliphatic carbocycles. The van der Waals surface area contributed by atoms with Gasteiger partial charge in [0.15, 0.2) is 0 Å². The first-order chi connectivity index (χ1) is 9.53. The van der Waals surface area contributed by atoms with Crippen molar-refractivity contribution in [1.29, 1.82) is 0 Å². The summed E-state index contributed by atoms with van der Waals surface area (Å²) in [5.41, 5.74) is 1.35. The summed E-state index contributed by atoms with van der Waals surface area (Å²) in [4.78, 5) is 23.2. The second-order valence-corrected chi connectivity index (χ2v) is 4.72. The minimum Gasteiger partial charge on any atom is -0.481 e. The summed E-state index contributed by atoms with van der Waals surface area (Å²) in [5.74, 6) is -1.67. The first kappa shape index (κ1) is 16.2. The molecule has 0 aliphatic rings. The van der Waals surface area contributed by atoms with Gasteiger partial charge in [-0.2, -0.15) is 5.10 Å². The normalized spacial score (nSPS) is 12.2. The van der Waals surface area contributed by atoms with E-state index in [4.69, 9.17) is 5.11 Å². The molecule has 6 nitrogen and oxygen atoms in total. The van der Waals surface area contributed by atoms with Crippen LogP contribution in [-0.2, 0) is 17.8 Å². The molecule has 1 unspecified atom stereocenters. The maximum Gasteiger partial charge on any atom is 0.308 e. The zero-order valence-corrected chi connectivity index (χ0v) is 12.3. The van der Waals surface area contributed by atoms with Crippen molar-refractivity contribution < 1.29 is 14.7 Å². The third-order valence-corrected chi connectivity index (χ3v) is 3.22. The summed E-state index contributed by atoms with van der Waals surface area (Å²) in [6.45, 7) is 6.59. The SMILES string of the molecule is CCCC(CNC(=O)c1cc(CC)nn1CC)C(=O)O. The molecule has 0 saturated heterocycles. The van der Waals surface area contributed by atoms with Crippen LogP contribution in [0.25, 0.3) is 0 Å². The van der Waals surface area contributed by atoms with E-state index < -0.39 is 11.9 Å². The van der Waals surface area contributed by atoms with E-state index in [9.17, 15) is 9.59 Å². The monoisotopic (exact) mass is 281 g/mol. The molecule has 0 aliphatic heterocycles. The Morgan fingerprint density at radius 1 is 1.40 bits per heavy atom. The van der Waals surface area contributed by atoms with Crippen LogP contribution in [0.1, 0.15) is 49.8 Å². The van der Waals surface area contributed by atoms with Crippen LogP contribution in [0.4, 0.5) is 0 Å². The summed E-state index contributed by atoms with van der Waals surface area (Å²) < 4.78 is 1.64. The molecule has 1 amide bonds. The maximum atomic E-state index is 12.1. The molecule has 6 heteroatoms. The topological polar surface area (TPSA) is 84.2 Å². The molecular weight excluding hydrogens is 258 g/mol. The highest BCUT2D eigenvalue weighted by Gasteiger charge is 2.19. The quantitative estimate of drug-likeness (QED) is 0.759. The number of hydrogen-bond donors (Lipinski definition) is 2. The second-order valence-electron chi connectivity index (χ2n) is 4.72. The number of carboxylic acids is 1. The van der Waals surface area contributed by atoms with Gasteiger partial charge in [0, 0.05) is 13.1 Å².